The first-order valence-electron chi connectivity index (χ1n) is 7.99. The Hall–Kier alpha value is -2.00. The van der Waals surface area contributed by atoms with Gasteiger partial charge >= 0.3 is 0 Å². The Kier molecular flexibility index (Phi) is 6.78. The summed E-state index contributed by atoms with van der Waals surface area (Å²) < 4.78 is 5.63. The van der Waals surface area contributed by atoms with Gasteiger partial charge in [-0.05, 0) is 56.6 Å². The molecule has 0 heterocycles. The third kappa shape index (κ3) is 6.19. The molecule has 0 bridgehead atoms. The highest BCUT2D eigenvalue weighted by molar-refractivity contribution is 5.46. The Morgan fingerprint density at radius 2 is 1.59 bits per heavy atom. The molecule has 0 aliphatic rings. The molecule has 0 atom stereocenters. The highest BCUT2D eigenvalue weighted by Crippen LogP contribution is 2.16. The predicted octanol–water partition coefficient (Wildman–Crippen LogP) is 3.72. The van der Waals surface area contributed by atoms with Crippen molar-refractivity contribution < 1.29 is 4.74 Å². The van der Waals surface area contributed by atoms with E-state index in [0.717, 1.165) is 37.5 Å². The fourth-order valence-corrected chi connectivity index (χ4v) is 2.22. The number of rotatable bonds is 9. The van der Waals surface area contributed by atoms with Crippen molar-refractivity contribution in [1.82, 2.24) is 5.32 Å². The monoisotopic (exact) mass is 298 g/mol. The normalized spacial score (nSPS) is 10.7. The Balaban J connectivity index is 1.58. The largest absolute Gasteiger partial charge is 0.491 e. The summed E-state index contributed by atoms with van der Waals surface area (Å²) in [7, 11) is 0. The fraction of sp³-hybridized carbons (Fsp3) is 0.368. The van der Waals surface area contributed by atoms with Gasteiger partial charge in [-0.25, -0.2) is 0 Å². The molecule has 0 aliphatic heterocycles. The molecular formula is C19H26N2O. The van der Waals surface area contributed by atoms with Gasteiger partial charge in [-0.1, -0.05) is 30.3 Å². The highest BCUT2D eigenvalue weighted by atomic mass is 16.5. The van der Waals surface area contributed by atoms with Gasteiger partial charge < -0.3 is 15.4 Å². The van der Waals surface area contributed by atoms with Crippen LogP contribution in [0.1, 0.15) is 19.4 Å². The number of ether oxygens (including phenoxy) is 1. The van der Waals surface area contributed by atoms with E-state index in [9.17, 15) is 0 Å². The maximum atomic E-state index is 5.63. The quantitative estimate of drug-likeness (QED) is 0.692. The summed E-state index contributed by atoms with van der Waals surface area (Å²) >= 11 is 0. The number of anilines is 1. The lowest BCUT2D eigenvalue weighted by Crippen LogP contribution is -2.24. The number of hydrogen-bond donors (Lipinski definition) is 2. The molecule has 3 nitrogen and oxygen atoms in total. The minimum absolute atomic E-state index is 0.215. The van der Waals surface area contributed by atoms with Crippen molar-refractivity contribution in [3.05, 3.63) is 60.2 Å². The van der Waals surface area contributed by atoms with E-state index >= 15 is 0 Å². The SMILES string of the molecule is CC(C)Oc1ccc(NCCNCCc2ccccc2)cc1. The Bertz CT molecular complexity index is 523. The molecule has 2 N–H and O–H groups in total. The first-order valence-corrected chi connectivity index (χ1v) is 7.99. The minimum atomic E-state index is 0.215. The maximum Gasteiger partial charge on any atom is 0.119 e. The van der Waals surface area contributed by atoms with Crippen LogP contribution in [0.5, 0.6) is 5.75 Å². The fourth-order valence-electron chi connectivity index (χ4n) is 2.22. The molecule has 0 saturated heterocycles. The van der Waals surface area contributed by atoms with Crippen LogP contribution in [0.15, 0.2) is 54.6 Å². The highest BCUT2D eigenvalue weighted by Gasteiger charge is 1.97. The zero-order chi connectivity index (χ0) is 15.6. The van der Waals surface area contributed by atoms with Gasteiger partial charge in [-0.15, -0.1) is 0 Å². The molecule has 118 valence electrons. The molecule has 2 aromatic rings. The van der Waals surface area contributed by atoms with Crippen molar-refractivity contribution in [3.8, 4) is 5.75 Å². The van der Waals surface area contributed by atoms with E-state index in [0.29, 0.717) is 0 Å². The molecule has 22 heavy (non-hydrogen) atoms. The van der Waals surface area contributed by atoms with Crippen LogP contribution in [0.4, 0.5) is 5.69 Å². The third-order valence-corrected chi connectivity index (χ3v) is 3.29. The summed E-state index contributed by atoms with van der Waals surface area (Å²) in [4.78, 5) is 0. The van der Waals surface area contributed by atoms with Crippen molar-refractivity contribution in [2.45, 2.75) is 26.4 Å². The van der Waals surface area contributed by atoms with Crippen LogP contribution in [0, 0.1) is 0 Å². The van der Waals surface area contributed by atoms with E-state index in [1.165, 1.54) is 5.56 Å². The second-order valence-corrected chi connectivity index (χ2v) is 5.60. The van der Waals surface area contributed by atoms with Crippen molar-refractivity contribution >= 4 is 5.69 Å². The molecule has 3 heteroatoms. The number of benzene rings is 2. The summed E-state index contributed by atoms with van der Waals surface area (Å²) in [5.41, 5.74) is 2.50. The molecule has 0 aromatic heterocycles. The lowest BCUT2D eigenvalue weighted by molar-refractivity contribution is 0.242. The second kappa shape index (κ2) is 9.11. The first kappa shape index (κ1) is 16.4. The van der Waals surface area contributed by atoms with Crippen molar-refractivity contribution in [2.24, 2.45) is 0 Å². The average Bonchev–Trinajstić information content (AvgIpc) is 2.53. The van der Waals surface area contributed by atoms with Gasteiger partial charge in [0.2, 0.25) is 0 Å². The van der Waals surface area contributed by atoms with E-state index < -0.39 is 0 Å². The van der Waals surface area contributed by atoms with Crippen LogP contribution in [0.25, 0.3) is 0 Å². The van der Waals surface area contributed by atoms with E-state index in [4.69, 9.17) is 4.74 Å². The topological polar surface area (TPSA) is 33.3 Å². The molecule has 0 saturated carbocycles. The van der Waals surface area contributed by atoms with Crippen molar-refractivity contribution in [3.63, 3.8) is 0 Å². The summed E-state index contributed by atoms with van der Waals surface area (Å²) in [5, 5.41) is 6.86. The van der Waals surface area contributed by atoms with Crippen LogP contribution >= 0.6 is 0 Å². The Morgan fingerprint density at radius 3 is 2.27 bits per heavy atom. The molecule has 0 radical (unpaired) electrons. The molecule has 0 fully saturated rings. The minimum Gasteiger partial charge on any atom is -0.491 e. The summed E-state index contributed by atoms with van der Waals surface area (Å²) in [6.45, 7) is 6.95. The molecule has 0 aliphatic carbocycles. The van der Waals surface area contributed by atoms with Crippen LogP contribution in [0.2, 0.25) is 0 Å². The van der Waals surface area contributed by atoms with Gasteiger partial charge in [-0.3, -0.25) is 0 Å². The molecule has 2 rings (SSSR count). The van der Waals surface area contributed by atoms with Crippen LogP contribution in [-0.2, 0) is 6.42 Å². The summed E-state index contributed by atoms with van der Waals surface area (Å²) in [6.07, 6.45) is 1.29. The van der Waals surface area contributed by atoms with Gasteiger partial charge in [-0.2, -0.15) is 0 Å². The van der Waals surface area contributed by atoms with E-state index in [1.54, 1.807) is 0 Å². The predicted molar refractivity (Wildman–Crippen MR) is 93.7 cm³/mol. The lowest BCUT2D eigenvalue weighted by atomic mass is 10.1. The Morgan fingerprint density at radius 1 is 0.864 bits per heavy atom. The summed E-state index contributed by atoms with van der Waals surface area (Å²) in [6, 6.07) is 18.7. The maximum absolute atomic E-state index is 5.63. The first-order chi connectivity index (χ1) is 10.7. The van der Waals surface area contributed by atoms with Gasteiger partial charge in [0.15, 0.2) is 0 Å². The van der Waals surface area contributed by atoms with Crippen LogP contribution < -0.4 is 15.4 Å². The van der Waals surface area contributed by atoms with Gasteiger partial charge in [0, 0.05) is 18.8 Å². The van der Waals surface area contributed by atoms with Crippen molar-refractivity contribution in [2.75, 3.05) is 25.0 Å². The second-order valence-electron chi connectivity index (χ2n) is 5.60. The Labute approximate surface area is 133 Å². The average molecular weight is 298 g/mol. The van der Waals surface area contributed by atoms with E-state index in [2.05, 4.69) is 53.1 Å². The third-order valence-electron chi connectivity index (χ3n) is 3.29. The number of nitrogens with one attached hydrogen (secondary N) is 2. The number of hydrogen-bond acceptors (Lipinski definition) is 3. The molecule has 0 amide bonds. The smallest absolute Gasteiger partial charge is 0.119 e. The van der Waals surface area contributed by atoms with Gasteiger partial charge in [0.25, 0.3) is 0 Å². The van der Waals surface area contributed by atoms with Crippen molar-refractivity contribution in [1.29, 1.82) is 0 Å². The van der Waals surface area contributed by atoms with Gasteiger partial charge in [0.05, 0.1) is 6.10 Å². The lowest BCUT2D eigenvalue weighted by Gasteiger charge is -2.11. The zero-order valence-electron chi connectivity index (χ0n) is 13.5. The standard InChI is InChI=1S/C19H26N2O/c1-16(2)22-19-10-8-18(9-11-19)21-15-14-20-13-12-17-6-4-3-5-7-17/h3-11,16,20-21H,12-15H2,1-2H3. The molecule has 2 aromatic carbocycles. The zero-order valence-corrected chi connectivity index (χ0v) is 13.5. The molecule has 0 spiro atoms. The van der Waals surface area contributed by atoms with Gasteiger partial charge in [0.1, 0.15) is 5.75 Å². The van der Waals surface area contributed by atoms with E-state index in [-0.39, 0.29) is 6.10 Å². The molecule has 0 unspecified atom stereocenters. The summed E-state index contributed by atoms with van der Waals surface area (Å²) in [5.74, 6) is 0.918. The van der Waals surface area contributed by atoms with Crippen LogP contribution in [0.3, 0.4) is 0 Å². The molecular weight excluding hydrogens is 272 g/mol. The van der Waals surface area contributed by atoms with Crippen LogP contribution in [-0.4, -0.2) is 25.7 Å². The van der Waals surface area contributed by atoms with E-state index in [1.807, 2.05) is 26.0 Å².